The van der Waals surface area contributed by atoms with Crippen LogP contribution >= 0.6 is 27.3 Å². The van der Waals surface area contributed by atoms with E-state index < -0.39 is 0 Å². The quantitative estimate of drug-likeness (QED) is 0.886. The molecule has 1 aliphatic heterocycles. The Kier molecular flexibility index (Phi) is 4.12. The largest absolute Gasteiger partial charge is 0.396 e. The Hall–Kier alpha value is -1.60. The van der Waals surface area contributed by atoms with Crippen LogP contribution in [0.2, 0.25) is 0 Å². The molecule has 1 amide bonds. The van der Waals surface area contributed by atoms with Crippen LogP contribution in [0.3, 0.4) is 0 Å². The van der Waals surface area contributed by atoms with Crippen molar-refractivity contribution >= 4 is 44.5 Å². The number of hydrogen-bond acceptors (Lipinski definition) is 5. The van der Waals surface area contributed by atoms with Crippen LogP contribution in [0, 0.1) is 0 Å². The van der Waals surface area contributed by atoms with Crippen LogP contribution in [0.1, 0.15) is 9.67 Å². The standard InChI is InChI=1S/C14H15BrN4OS/c15-10-2-8-21-13(10)14(20)19-6-4-18(5-7-19)12-1-3-17-9-11(12)16/h1-3,8-9H,4-7,16H2. The van der Waals surface area contributed by atoms with Crippen molar-refractivity contribution in [1.29, 1.82) is 0 Å². The fourth-order valence-electron chi connectivity index (χ4n) is 2.43. The van der Waals surface area contributed by atoms with Crippen LogP contribution < -0.4 is 10.6 Å². The van der Waals surface area contributed by atoms with Gasteiger partial charge in [-0.05, 0) is 33.4 Å². The van der Waals surface area contributed by atoms with Crippen molar-refractivity contribution in [3.05, 3.63) is 39.3 Å². The summed E-state index contributed by atoms with van der Waals surface area (Å²) in [5, 5.41) is 1.92. The number of amides is 1. The molecule has 21 heavy (non-hydrogen) atoms. The highest BCUT2D eigenvalue weighted by Gasteiger charge is 2.24. The van der Waals surface area contributed by atoms with Crippen LogP contribution in [0.15, 0.2) is 34.4 Å². The highest BCUT2D eigenvalue weighted by Crippen LogP contribution is 2.26. The van der Waals surface area contributed by atoms with Gasteiger partial charge in [-0.1, -0.05) is 0 Å². The van der Waals surface area contributed by atoms with Gasteiger partial charge in [0.25, 0.3) is 5.91 Å². The summed E-state index contributed by atoms with van der Waals surface area (Å²) in [5.41, 5.74) is 7.63. The van der Waals surface area contributed by atoms with E-state index >= 15 is 0 Å². The number of pyridine rings is 1. The number of aromatic nitrogens is 1. The molecule has 0 unspecified atom stereocenters. The highest BCUT2D eigenvalue weighted by atomic mass is 79.9. The molecule has 0 atom stereocenters. The molecular weight excluding hydrogens is 352 g/mol. The Morgan fingerprint density at radius 3 is 2.67 bits per heavy atom. The Balaban J connectivity index is 1.67. The van der Waals surface area contributed by atoms with E-state index in [9.17, 15) is 4.79 Å². The molecule has 0 aromatic carbocycles. The van der Waals surface area contributed by atoms with Crippen LogP contribution in [-0.2, 0) is 0 Å². The third-order valence-corrected chi connectivity index (χ3v) is 5.37. The summed E-state index contributed by atoms with van der Waals surface area (Å²) in [5.74, 6) is 0.0965. The van der Waals surface area contributed by atoms with Crippen molar-refractivity contribution in [2.75, 3.05) is 36.8 Å². The number of nitrogens with zero attached hydrogens (tertiary/aromatic N) is 3. The van der Waals surface area contributed by atoms with Crippen molar-refractivity contribution in [1.82, 2.24) is 9.88 Å². The molecule has 5 nitrogen and oxygen atoms in total. The first-order valence-corrected chi connectivity index (χ1v) is 8.31. The van der Waals surface area contributed by atoms with Gasteiger partial charge >= 0.3 is 0 Å². The van der Waals surface area contributed by atoms with Gasteiger partial charge in [0, 0.05) is 36.8 Å². The molecule has 7 heteroatoms. The lowest BCUT2D eigenvalue weighted by atomic mass is 10.2. The molecular formula is C14H15BrN4OS. The number of thiophene rings is 1. The predicted molar refractivity (Wildman–Crippen MR) is 88.8 cm³/mol. The second kappa shape index (κ2) is 6.03. The maximum absolute atomic E-state index is 12.4. The van der Waals surface area contributed by atoms with Crippen LogP contribution in [0.25, 0.3) is 0 Å². The average Bonchev–Trinajstić information content (AvgIpc) is 2.93. The lowest BCUT2D eigenvalue weighted by Crippen LogP contribution is -2.48. The number of rotatable bonds is 2. The van der Waals surface area contributed by atoms with Gasteiger partial charge in [0.1, 0.15) is 4.88 Å². The maximum atomic E-state index is 12.4. The smallest absolute Gasteiger partial charge is 0.265 e. The molecule has 2 aromatic heterocycles. The fourth-order valence-corrected chi connectivity index (χ4v) is 3.94. The molecule has 1 aliphatic rings. The van der Waals surface area contributed by atoms with Crippen LogP contribution in [0.5, 0.6) is 0 Å². The SMILES string of the molecule is Nc1cnccc1N1CCN(C(=O)c2sccc2Br)CC1. The van der Waals surface area contributed by atoms with Crippen molar-refractivity contribution in [2.45, 2.75) is 0 Å². The Morgan fingerprint density at radius 1 is 1.29 bits per heavy atom. The van der Waals surface area contributed by atoms with Gasteiger partial charge in [0.15, 0.2) is 0 Å². The molecule has 110 valence electrons. The van der Waals surface area contributed by atoms with E-state index in [-0.39, 0.29) is 5.91 Å². The third kappa shape index (κ3) is 2.89. The molecule has 2 N–H and O–H groups in total. The zero-order valence-corrected chi connectivity index (χ0v) is 13.7. The predicted octanol–water partition coefficient (Wildman–Crippen LogP) is 2.45. The molecule has 3 rings (SSSR count). The van der Waals surface area contributed by atoms with Gasteiger partial charge in [-0.2, -0.15) is 0 Å². The number of piperazine rings is 1. The second-order valence-electron chi connectivity index (χ2n) is 4.81. The van der Waals surface area contributed by atoms with Gasteiger partial charge in [0.2, 0.25) is 0 Å². The van der Waals surface area contributed by atoms with E-state index in [0.717, 1.165) is 28.1 Å². The number of nitrogen functional groups attached to an aromatic ring is 1. The van der Waals surface area contributed by atoms with Crippen molar-refractivity contribution in [2.24, 2.45) is 0 Å². The minimum atomic E-state index is 0.0965. The number of anilines is 2. The van der Waals surface area contributed by atoms with E-state index in [1.54, 1.807) is 12.4 Å². The van der Waals surface area contributed by atoms with Crippen LogP contribution in [0.4, 0.5) is 11.4 Å². The molecule has 0 aliphatic carbocycles. The number of carbonyl (C=O) groups is 1. The number of halogens is 1. The summed E-state index contributed by atoms with van der Waals surface area (Å²) in [4.78, 5) is 21.3. The summed E-state index contributed by atoms with van der Waals surface area (Å²) >= 11 is 4.89. The Morgan fingerprint density at radius 2 is 2.05 bits per heavy atom. The fraction of sp³-hybridized carbons (Fsp3) is 0.286. The van der Waals surface area contributed by atoms with Crippen molar-refractivity contribution < 1.29 is 4.79 Å². The molecule has 0 radical (unpaired) electrons. The summed E-state index contributed by atoms with van der Waals surface area (Å²) in [6.45, 7) is 2.96. The summed E-state index contributed by atoms with van der Waals surface area (Å²) in [6.07, 6.45) is 3.40. The first-order valence-electron chi connectivity index (χ1n) is 6.63. The van der Waals surface area contributed by atoms with E-state index in [1.165, 1.54) is 11.3 Å². The third-order valence-electron chi connectivity index (χ3n) is 3.55. The molecule has 3 heterocycles. The summed E-state index contributed by atoms with van der Waals surface area (Å²) in [6, 6.07) is 3.83. The van der Waals surface area contributed by atoms with Crippen molar-refractivity contribution in [3.63, 3.8) is 0 Å². The molecule has 0 bridgehead atoms. The van der Waals surface area contributed by atoms with Gasteiger partial charge in [-0.15, -0.1) is 11.3 Å². The zero-order chi connectivity index (χ0) is 14.8. The monoisotopic (exact) mass is 366 g/mol. The van der Waals surface area contributed by atoms with E-state index in [1.807, 2.05) is 22.4 Å². The highest BCUT2D eigenvalue weighted by molar-refractivity contribution is 9.10. The first-order chi connectivity index (χ1) is 10.2. The molecule has 1 fully saturated rings. The van der Waals surface area contributed by atoms with Crippen LogP contribution in [-0.4, -0.2) is 42.0 Å². The summed E-state index contributed by atoms with van der Waals surface area (Å²) in [7, 11) is 0. The lowest BCUT2D eigenvalue weighted by Gasteiger charge is -2.36. The minimum Gasteiger partial charge on any atom is -0.396 e. The van der Waals surface area contributed by atoms with Gasteiger partial charge < -0.3 is 15.5 Å². The van der Waals surface area contributed by atoms with E-state index in [2.05, 4.69) is 25.8 Å². The maximum Gasteiger partial charge on any atom is 0.265 e. The lowest BCUT2D eigenvalue weighted by molar-refractivity contribution is 0.0751. The Bertz CT molecular complexity index is 652. The number of nitrogens with two attached hydrogens (primary N) is 1. The summed E-state index contributed by atoms with van der Waals surface area (Å²) < 4.78 is 0.873. The zero-order valence-electron chi connectivity index (χ0n) is 11.3. The molecule has 1 saturated heterocycles. The molecule has 0 saturated carbocycles. The average molecular weight is 367 g/mol. The topological polar surface area (TPSA) is 62.5 Å². The number of hydrogen-bond donors (Lipinski definition) is 1. The second-order valence-corrected chi connectivity index (χ2v) is 6.58. The Labute approximate surface area is 135 Å². The van der Waals surface area contributed by atoms with E-state index in [0.29, 0.717) is 18.8 Å². The number of carbonyl (C=O) groups excluding carboxylic acids is 1. The van der Waals surface area contributed by atoms with Gasteiger partial charge in [-0.3, -0.25) is 9.78 Å². The normalized spacial score (nSPS) is 15.3. The molecule has 0 spiro atoms. The minimum absolute atomic E-state index is 0.0965. The van der Waals surface area contributed by atoms with Crippen molar-refractivity contribution in [3.8, 4) is 0 Å². The van der Waals surface area contributed by atoms with E-state index in [4.69, 9.17) is 5.73 Å². The van der Waals surface area contributed by atoms with Gasteiger partial charge in [-0.25, -0.2) is 0 Å². The first kappa shape index (κ1) is 14.3. The van der Waals surface area contributed by atoms with Gasteiger partial charge in [0.05, 0.1) is 17.6 Å². The molecule has 2 aromatic rings.